The number of aryl methyl sites for hydroxylation is 1. The minimum absolute atomic E-state index is 0.116. The van der Waals surface area contributed by atoms with Crippen LogP contribution in [0.25, 0.3) is 11.0 Å². The first-order chi connectivity index (χ1) is 15.8. The van der Waals surface area contributed by atoms with E-state index in [9.17, 15) is 9.59 Å². The van der Waals surface area contributed by atoms with Crippen LogP contribution in [0.15, 0.2) is 42.5 Å². The van der Waals surface area contributed by atoms with E-state index >= 15 is 0 Å². The highest BCUT2D eigenvalue weighted by Crippen LogP contribution is 2.20. The normalized spacial score (nSPS) is 10.9. The van der Waals surface area contributed by atoms with Gasteiger partial charge in [0, 0.05) is 32.1 Å². The summed E-state index contributed by atoms with van der Waals surface area (Å²) in [5.74, 6) is 0.732. The molecule has 172 valence electrons. The highest BCUT2D eigenvalue weighted by Gasteiger charge is 2.20. The zero-order valence-corrected chi connectivity index (χ0v) is 19.7. The molecule has 1 heterocycles. The molecule has 0 spiro atoms. The third-order valence-electron chi connectivity index (χ3n) is 5.43. The van der Waals surface area contributed by atoms with Crippen LogP contribution < -0.4 is 0 Å². The van der Waals surface area contributed by atoms with Crippen LogP contribution in [0.5, 0.6) is 0 Å². The van der Waals surface area contributed by atoms with E-state index < -0.39 is 0 Å². The second-order valence-electron chi connectivity index (χ2n) is 8.48. The number of carbonyl (C=O) groups is 2. The number of nitrogens with zero attached hydrogens (tertiary/aromatic N) is 4. The maximum Gasteiger partial charge on any atom is 0.307 e. The number of hydrogen-bond acceptors (Lipinski definition) is 5. The van der Waals surface area contributed by atoms with Crippen LogP contribution in [-0.4, -0.2) is 46.0 Å². The Kier molecular flexibility index (Phi) is 7.83. The highest BCUT2D eigenvalue weighted by atomic mass is 16.5. The Morgan fingerprint density at radius 3 is 2.55 bits per heavy atom. The smallest absolute Gasteiger partial charge is 0.307 e. The molecule has 2 aromatic carbocycles. The number of esters is 1. The molecular weight excluding hydrogens is 416 g/mol. The molecule has 3 aromatic rings. The number of rotatable bonds is 9. The van der Waals surface area contributed by atoms with E-state index in [2.05, 4.69) is 6.07 Å². The Balaban J connectivity index is 1.82. The van der Waals surface area contributed by atoms with Crippen molar-refractivity contribution in [3.8, 4) is 6.07 Å². The first-order valence-corrected chi connectivity index (χ1v) is 11.2. The van der Waals surface area contributed by atoms with Crippen molar-refractivity contribution in [2.45, 2.75) is 33.6 Å². The summed E-state index contributed by atoms with van der Waals surface area (Å²) >= 11 is 0. The van der Waals surface area contributed by atoms with Crippen LogP contribution in [0.3, 0.4) is 0 Å². The van der Waals surface area contributed by atoms with E-state index in [1.807, 2.05) is 55.8 Å². The van der Waals surface area contributed by atoms with Crippen molar-refractivity contribution in [3.63, 3.8) is 0 Å². The van der Waals surface area contributed by atoms with Crippen LogP contribution in [0, 0.1) is 17.2 Å². The van der Waals surface area contributed by atoms with E-state index in [1.165, 1.54) is 0 Å². The molecule has 0 saturated carbocycles. The summed E-state index contributed by atoms with van der Waals surface area (Å²) in [6.07, 6.45) is 0.798. The van der Waals surface area contributed by atoms with Gasteiger partial charge in [-0.1, -0.05) is 26.0 Å². The number of fused-ring (bicyclic) bond motifs is 1. The molecular formula is C26H30N4O3. The van der Waals surface area contributed by atoms with E-state index in [1.54, 1.807) is 24.0 Å². The minimum Gasteiger partial charge on any atom is -0.466 e. The largest absolute Gasteiger partial charge is 0.466 e. The van der Waals surface area contributed by atoms with Crippen LogP contribution >= 0.6 is 0 Å². The van der Waals surface area contributed by atoms with Crippen LogP contribution in [0.2, 0.25) is 0 Å². The van der Waals surface area contributed by atoms with Gasteiger partial charge in [0.15, 0.2) is 0 Å². The summed E-state index contributed by atoms with van der Waals surface area (Å²) in [6, 6.07) is 15.1. The molecule has 3 rings (SSSR count). The van der Waals surface area contributed by atoms with Gasteiger partial charge < -0.3 is 14.2 Å². The van der Waals surface area contributed by atoms with E-state index in [0.717, 1.165) is 22.4 Å². The minimum atomic E-state index is -0.299. The number of ether oxygens (including phenoxy) is 1. The van der Waals surface area contributed by atoms with Gasteiger partial charge in [0.05, 0.1) is 35.7 Å². The van der Waals surface area contributed by atoms with Gasteiger partial charge in [-0.3, -0.25) is 9.59 Å². The highest BCUT2D eigenvalue weighted by molar-refractivity contribution is 5.97. The maximum atomic E-state index is 13.3. The molecule has 7 heteroatoms. The Hall–Kier alpha value is -3.66. The first-order valence-electron chi connectivity index (χ1n) is 11.2. The lowest BCUT2D eigenvalue weighted by Gasteiger charge is -2.24. The topological polar surface area (TPSA) is 88.2 Å². The van der Waals surface area contributed by atoms with Crippen molar-refractivity contribution in [3.05, 3.63) is 65.0 Å². The average Bonchev–Trinajstić information content (AvgIpc) is 3.11. The molecule has 1 amide bonds. The van der Waals surface area contributed by atoms with Crippen molar-refractivity contribution in [2.75, 3.05) is 19.7 Å². The number of benzene rings is 2. The molecule has 0 fully saturated rings. The van der Waals surface area contributed by atoms with Gasteiger partial charge in [-0.25, -0.2) is 4.98 Å². The second kappa shape index (κ2) is 10.8. The number of aromatic nitrogens is 2. The monoisotopic (exact) mass is 446 g/mol. The van der Waals surface area contributed by atoms with Crippen molar-refractivity contribution in [1.29, 1.82) is 5.26 Å². The zero-order chi connectivity index (χ0) is 24.0. The number of carbonyl (C=O) groups excluding carboxylic acids is 2. The molecule has 0 aliphatic rings. The molecule has 0 atom stereocenters. The van der Waals surface area contributed by atoms with Gasteiger partial charge in [0.25, 0.3) is 5.91 Å². The predicted molar refractivity (Wildman–Crippen MR) is 127 cm³/mol. The van der Waals surface area contributed by atoms with Gasteiger partial charge in [-0.05, 0) is 48.7 Å². The second-order valence-corrected chi connectivity index (χ2v) is 8.48. The zero-order valence-electron chi connectivity index (χ0n) is 19.7. The SMILES string of the molecule is CCOC(=O)CCN(CC(C)C)C(=O)c1ccc2c(c1)nc(Cc1ccc(C#N)cc1)n2C. The molecule has 1 aromatic heterocycles. The number of imidazole rings is 1. The molecule has 33 heavy (non-hydrogen) atoms. The average molecular weight is 447 g/mol. The quantitative estimate of drug-likeness (QED) is 0.462. The standard InChI is InChI=1S/C26H30N4O3/c1-5-33-25(31)12-13-30(17-18(2)3)26(32)21-10-11-23-22(15-21)28-24(29(23)4)14-19-6-8-20(16-27)9-7-19/h6-11,15,18H,5,12-14,17H2,1-4H3. The van der Waals surface area contributed by atoms with Gasteiger partial charge >= 0.3 is 5.97 Å². The summed E-state index contributed by atoms with van der Waals surface area (Å²) < 4.78 is 7.03. The Bertz CT molecular complexity index is 1170. The van der Waals surface area contributed by atoms with Crippen molar-refractivity contribution < 1.29 is 14.3 Å². The fourth-order valence-electron chi connectivity index (χ4n) is 3.78. The van der Waals surface area contributed by atoms with E-state index in [4.69, 9.17) is 15.0 Å². The van der Waals surface area contributed by atoms with Crippen LogP contribution in [-0.2, 0) is 23.0 Å². The van der Waals surface area contributed by atoms with Crippen molar-refractivity contribution in [1.82, 2.24) is 14.5 Å². The molecule has 7 nitrogen and oxygen atoms in total. The molecule has 0 saturated heterocycles. The van der Waals surface area contributed by atoms with Gasteiger partial charge in [-0.15, -0.1) is 0 Å². The molecule has 0 N–H and O–H groups in total. The predicted octanol–water partition coefficient (Wildman–Crippen LogP) is 4.09. The molecule has 0 unspecified atom stereocenters. The van der Waals surface area contributed by atoms with Gasteiger partial charge in [0.2, 0.25) is 0 Å². The lowest BCUT2D eigenvalue weighted by Crippen LogP contribution is -2.36. The third-order valence-corrected chi connectivity index (χ3v) is 5.43. The lowest BCUT2D eigenvalue weighted by molar-refractivity contribution is -0.143. The molecule has 0 aliphatic heterocycles. The Labute approximate surface area is 194 Å². The summed E-state index contributed by atoms with van der Waals surface area (Å²) in [6.45, 7) is 7.07. The van der Waals surface area contributed by atoms with Crippen molar-refractivity contribution >= 4 is 22.9 Å². The van der Waals surface area contributed by atoms with E-state index in [0.29, 0.717) is 37.2 Å². The third kappa shape index (κ3) is 5.98. The Morgan fingerprint density at radius 1 is 1.18 bits per heavy atom. The summed E-state index contributed by atoms with van der Waals surface area (Å²) in [4.78, 5) is 31.5. The molecule has 0 radical (unpaired) electrons. The van der Waals surface area contributed by atoms with Crippen LogP contribution in [0.1, 0.15) is 54.5 Å². The van der Waals surface area contributed by atoms with Gasteiger partial charge in [-0.2, -0.15) is 5.26 Å². The summed E-state index contributed by atoms with van der Waals surface area (Å²) in [5, 5.41) is 8.98. The number of hydrogen-bond donors (Lipinski definition) is 0. The fourth-order valence-corrected chi connectivity index (χ4v) is 3.78. The molecule has 0 aliphatic carbocycles. The van der Waals surface area contributed by atoms with Gasteiger partial charge in [0.1, 0.15) is 5.82 Å². The van der Waals surface area contributed by atoms with Crippen LogP contribution in [0.4, 0.5) is 0 Å². The maximum absolute atomic E-state index is 13.3. The fraction of sp³-hybridized carbons (Fsp3) is 0.385. The summed E-state index contributed by atoms with van der Waals surface area (Å²) in [5.41, 5.74) is 3.93. The first kappa shape index (κ1) is 24.0. The van der Waals surface area contributed by atoms with E-state index in [-0.39, 0.29) is 24.2 Å². The Morgan fingerprint density at radius 2 is 1.91 bits per heavy atom. The van der Waals surface area contributed by atoms with Crippen molar-refractivity contribution in [2.24, 2.45) is 13.0 Å². The summed E-state index contributed by atoms with van der Waals surface area (Å²) in [7, 11) is 1.96. The number of nitriles is 1. The lowest BCUT2D eigenvalue weighted by atomic mass is 10.1. The molecule has 0 bridgehead atoms. The number of amides is 1.